The van der Waals surface area contributed by atoms with E-state index in [1.807, 2.05) is 78.9 Å². The van der Waals surface area contributed by atoms with E-state index < -0.39 is 0 Å². The summed E-state index contributed by atoms with van der Waals surface area (Å²) in [6.45, 7) is 0. The summed E-state index contributed by atoms with van der Waals surface area (Å²) in [5.41, 5.74) is 4.51. The highest BCUT2D eigenvalue weighted by molar-refractivity contribution is 6.03. The van der Waals surface area contributed by atoms with Crippen LogP contribution in [0.2, 0.25) is 0 Å². The Kier molecular flexibility index (Phi) is 4.62. The third kappa shape index (κ3) is 3.26. The van der Waals surface area contributed by atoms with Gasteiger partial charge < -0.3 is 9.47 Å². The van der Waals surface area contributed by atoms with Gasteiger partial charge in [0.15, 0.2) is 5.65 Å². The molecule has 1 N–H and O–H groups in total. The summed E-state index contributed by atoms with van der Waals surface area (Å²) in [4.78, 5) is 4.44. The quantitative estimate of drug-likeness (QED) is 0.392. The van der Waals surface area contributed by atoms with E-state index in [9.17, 15) is 0 Å². The zero-order valence-electron chi connectivity index (χ0n) is 16.4. The molecule has 5 aromatic rings. The summed E-state index contributed by atoms with van der Waals surface area (Å²) in [6, 6.07) is 27.7. The van der Waals surface area contributed by atoms with Gasteiger partial charge in [-0.1, -0.05) is 42.5 Å². The molecule has 3 aromatic carbocycles. The molecule has 0 saturated carbocycles. The number of nitrogens with zero attached hydrogens (tertiary/aromatic N) is 2. The Labute approximate surface area is 173 Å². The number of methoxy groups -OCH3 is 1. The van der Waals surface area contributed by atoms with E-state index in [1.54, 1.807) is 13.3 Å². The SMILES string of the molecule is COc1ccccc1-c1[nH]nc2nccc(-c3cccc(Oc4ccccc4)c3)c12. The van der Waals surface area contributed by atoms with E-state index in [0.717, 1.165) is 45.0 Å². The molecule has 0 bridgehead atoms. The van der Waals surface area contributed by atoms with E-state index in [2.05, 4.69) is 21.2 Å². The zero-order chi connectivity index (χ0) is 20.3. The molecule has 0 fully saturated rings. The third-order valence-electron chi connectivity index (χ3n) is 4.95. The van der Waals surface area contributed by atoms with Gasteiger partial charge in [0.05, 0.1) is 18.2 Å². The number of aromatic nitrogens is 3. The molecule has 2 heterocycles. The van der Waals surface area contributed by atoms with E-state index in [4.69, 9.17) is 9.47 Å². The van der Waals surface area contributed by atoms with Crippen LogP contribution >= 0.6 is 0 Å². The van der Waals surface area contributed by atoms with Crippen LogP contribution in [0.25, 0.3) is 33.4 Å². The average Bonchev–Trinajstić information content (AvgIpc) is 3.24. The normalized spacial score (nSPS) is 10.8. The summed E-state index contributed by atoms with van der Waals surface area (Å²) >= 11 is 0. The van der Waals surface area contributed by atoms with Crippen molar-refractivity contribution in [2.24, 2.45) is 0 Å². The smallest absolute Gasteiger partial charge is 0.182 e. The molecule has 0 aliphatic carbocycles. The van der Waals surface area contributed by atoms with Crippen molar-refractivity contribution in [1.29, 1.82) is 0 Å². The Hall–Kier alpha value is -4.12. The van der Waals surface area contributed by atoms with Crippen molar-refractivity contribution in [3.05, 3.63) is 91.1 Å². The van der Waals surface area contributed by atoms with Crippen LogP contribution in [0.5, 0.6) is 17.2 Å². The monoisotopic (exact) mass is 393 g/mol. The first kappa shape index (κ1) is 17.9. The van der Waals surface area contributed by atoms with Crippen LogP contribution in [0.4, 0.5) is 0 Å². The molecule has 5 nitrogen and oxygen atoms in total. The lowest BCUT2D eigenvalue weighted by atomic mass is 9.99. The van der Waals surface area contributed by atoms with Gasteiger partial charge in [-0.05, 0) is 53.6 Å². The first-order valence-corrected chi connectivity index (χ1v) is 9.63. The lowest BCUT2D eigenvalue weighted by Crippen LogP contribution is -1.90. The maximum atomic E-state index is 6.03. The molecule has 0 unspecified atom stereocenters. The van der Waals surface area contributed by atoms with Gasteiger partial charge in [0.25, 0.3) is 0 Å². The Balaban J connectivity index is 1.64. The van der Waals surface area contributed by atoms with Crippen molar-refractivity contribution in [2.75, 3.05) is 7.11 Å². The molecule has 0 radical (unpaired) electrons. The molecule has 146 valence electrons. The van der Waals surface area contributed by atoms with E-state index in [0.29, 0.717) is 5.65 Å². The Morgan fingerprint density at radius 3 is 2.43 bits per heavy atom. The number of fused-ring (bicyclic) bond motifs is 1. The maximum Gasteiger partial charge on any atom is 0.182 e. The van der Waals surface area contributed by atoms with E-state index >= 15 is 0 Å². The van der Waals surface area contributed by atoms with Crippen molar-refractivity contribution < 1.29 is 9.47 Å². The van der Waals surface area contributed by atoms with Crippen molar-refractivity contribution in [3.8, 4) is 39.6 Å². The molecule has 0 aliphatic rings. The van der Waals surface area contributed by atoms with Crippen molar-refractivity contribution in [2.45, 2.75) is 0 Å². The van der Waals surface area contributed by atoms with Crippen LogP contribution in [0.1, 0.15) is 0 Å². The van der Waals surface area contributed by atoms with E-state index in [1.165, 1.54) is 0 Å². The van der Waals surface area contributed by atoms with Gasteiger partial charge in [-0.25, -0.2) is 4.98 Å². The number of aromatic amines is 1. The summed E-state index contributed by atoms with van der Waals surface area (Å²) in [5.74, 6) is 2.34. The number of nitrogens with one attached hydrogen (secondary N) is 1. The molecule has 0 spiro atoms. The second kappa shape index (κ2) is 7.72. The molecular formula is C25H19N3O2. The first-order chi connectivity index (χ1) is 14.8. The van der Waals surface area contributed by atoms with Crippen molar-refractivity contribution in [1.82, 2.24) is 15.2 Å². The largest absolute Gasteiger partial charge is 0.496 e. The van der Waals surface area contributed by atoms with Gasteiger partial charge in [-0.15, -0.1) is 0 Å². The van der Waals surface area contributed by atoms with Gasteiger partial charge in [-0.2, -0.15) is 5.10 Å². The van der Waals surface area contributed by atoms with Crippen molar-refractivity contribution >= 4 is 11.0 Å². The molecule has 30 heavy (non-hydrogen) atoms. The number of para-hydroxylation sites is 2. The minimum Gasteiger partial charge on any atom is -0.496 e. The molecule has 0 amide bonds. The summed E-state index contributed by atoms with van der Waals surface area (Å²) in [5, 5.41) is 8.51. The number of pyridine rings is 1. The van der Waals surface area contributed by atoms with Crippen LogP contribution in [-0.2, 0) is 0 Å². The van der Waals surface area contributed by atoms with Crippen LogP contribution in [0.3, 0.4) is 0 Å². The number of ether oxygens (including phenoxy) is 2. The van der Waals surface area contributed by atoms with Gasteiger partial charge in [-0.3, -0.25) is 5.10 Å². The number of rotatable bonds is 5. The molecule has 5 rings (SSSR count). The summed E-state index contributed by atoms with van der Waals surface area (Å²) in [6.07, 6.45) is 1.77. The minimum absolute atomic E-state index is 0.655. The lowest BCUT2D eigenvalue weighted by molar-refractivity contribution is 0.416. The molecule has 0 saturated heterocycles. The Bertz CT molecular complexity index is 1310. The Morgan fingerprint density at radius 1 is 0.767 bits per heavy atom. The number of hydrogen-bond acceptors (Lipinski definition) is 4. The Morgan fingerprint density at radius 2 is 1.57 bits per heavy atom. The standard InChI is InChI=1S/C25H19N3O2/c1-29-22-13-6-5-12-21(22)24-23-20(14-15-26-25(23)28-27-24)17-8-7-11-19(16-17)30-18-9-3-2-4-10-18/h2-16H,1H3,(H,26,27,28). The van der Waals surface area contributed by atoms with Gasteiger partial charge in [0.1, 0.15) is 17.2 Å². The molecule has 0 atom stereocenters. The fourth-order valence-corrected chi connectivity index (χ4v) is 3.59. The predicted molar refractivity (Wildman–Crippen MR) is 118 cm³/mol. The summed E-state index contributed by atoms with van der Waals surface area (Å²) in [7, 11) is 1.67. The van der Waals surface area contributed by atoms with Crippen LogP contribution in [0, 0.1) is 0 Å². The van der Waals surface area contributed by atoms with E-state index in [-0.39, 0.29) is 0 Å². The lowest BCUT2D eigenvalue weighted by Gasteiger charge is -2.10. The van der Waals surface area contributed by atoms with Gasteiger partial charge in [0, 0.05) is 11.8 Å². The fraction of sp³-hybridized carbons (Fsp3) is 0.0400. The highest BCUT2D eigenvalue weighted by atomic mass is 16.5. The number of benzene rings is 3. The third-order valence-corrected chi connectivity index (χ3v) is 4.95. The van der Waals surface area contributed by atoms with Crippen LogP contribution in [-0.4, -0.2) is 22.3 Å². The maximum absolute atomic E-state index is 6.03. The summed E-state index contributed by atoms with van der Waals surface area (Å²) < 4.78 is 11.6. The van der Waals surface area contributed by atoms with Gasteiger partial charge >= 0.3 is 0 Å². The topological polar surface area (TPSA) is 60.0 Å². The molecule has 2 aromatic heterocycles. The molecular weight excluding hydrogens is 374 g/mol. The number of hydrogen-bond donors (Lipinski definition) is 1. The molecule has 5 heteroatoms. The average molecular weight is 393 g/mol. The molecule has 0 aliphatic heterocycles. The predicted octanol–water partition coefficient (Wildman–Crippen LogP) is 6.09. The zero-order valence-corrected chi connectivity index (χ0v) is 16.4. The highest BCUT2D eigenvalue weighted by Crippen LogP contribution is 2.38. The van der Waals surface area contributed by atoms with Crippen LogP contribution in [0.15, 0.2) is 91.1 Å². The fourth-order valence-electron chi connectivity index (χ4n) is 3.59. The second-order valence-corrected chi connectivity index (χ2v) is 6.80. The van der Waals surface area contributed by atoms with Crippen molar-refractivity contribution in [3.63, 3.8) is 0 Å². The van der Waals surface area contributed by atoms with Gasteiger partial charge in [0.2, 0.25) is 0 Å². The number of H-pyrrole nitrogens is 1. The minimum atomic E-state index is 0.655. The second-order valence-electron chi connectivity index (χ2n) is 6.80. The van der Waals surface area contributed by atoms with Crippen LogP contribution < -0.4 is 9.47 Å². The highest BCUT2D eigenvalue weighted by Gasteiger charge is 2.17. The first-order valence-electron chi connectivity index (χ1n) is 9.63.